The Labute approximate surface area is 199 Å². The molecule has 0 saturated heterocycles. The van der Waals surface area contributed by atoms with E-state index in [1.54, 1.807) is 55.7 Å². The Morgan fingerprint density at radius 1 is 1.24 bits per heavy atom. The number of halogens is 1. The predicted molar refractivity (Wildman–Crippen MR) is 130 cm³/mol. The van der Waals surface area contributed by atoms with Gasteiger partial charge in [0.15, 0.2) is 5.16 Å². The number of rotatable bonds is 7. The van der Waals surface area contributed by atoms with Crippen molar-refractivity contribution in [3.8, 4) is 11.4 Å². The van der Waals surface area contributed by atoms with Crippen LogP contribution in [-0.2, 0) is 11.3 Å². The molecule has 0 spiro atoms. The third kappa shape index (κ3) is 4.91. The summed E-state index contributed by atoms with van der Waals surface area (Å²) in [7, 11) is 3.25. The zero-order valence-corrected chi connectivity index (χ0v) is 19.9. The van der Waals surface area contributed by atoms with E-state index >= 15 is 0 Å². The molecule has 170 valence electrons. The van der Waals surface area contributed by atoms with Crippen molar-refractivity contribution in [2.75, 3.05) is 19.9 Å². The minimum absolute atomic E-state index is 0.0872. The van der Waals surface area contributed by atoms with Crippen LogP contribution in [0.1, 0.15) is 11.3 Å². The van der Waals surface area contributed by atoms with Gasteiger partial charge in [0.1, 0.15) is 11.5 Å². The van der Waals surface area contributed by atoms with E-state index in [1.807, 2.05) is 25.1 Å². The molecule has 1 amide bonds. The highest BCUT2D eigenvalue weighted by Gasteiger charge is 2.19. The second-order valence-corrected chi connectivity index (χ2v) is 8.87. The van der Waals surface area contributed by atoms with Crippen LogP contribution in [0.3, 0.4) is 0 Å². The maximum Gasteiger partial charge on any atom is 0.266 e. The number of fused-ring (bicyclic) bond motifs is 1. The molecular weight excluding hydrogens is 462 g/mol. The van der Waals surface area contributed by atoms with Crippen molar-refractivity contribution < 1.29 is 13.9 Å². The van der Waals surface area contributed by atoms with Gasteiger partial charge in [-0.05, 0) is 55.0 Å². The average Bonchev–Trinajstić information content (AvgIpc) is 3.30. The van der Waals surface area contributed by atoms with E-state index in [0.29, 0.717) is 44.8 Å². The lowest BCUT2D eigenvalue weighted by molar-refractivity contribution is -0.127. The maximum absolute atomic E-state index is 13.5. The second-order valence-electron chi connectivity index (χ2n) is 7.49. The van der Waals surface area contributed by atoms with Crippen LogP contribution >= 0.6 is 23.4 Å². The second kappa shape index (κ2) is 9.72. The molecule has 9 heteroatoms. The lowest BCUT2D eigenvalue weighted by Gasteiger charge is -2.18. The molecule has 0 bridgehead atoms. The van der Waals surface area contributed by atoms with Crippen molar-refractivity contribution in [1.82, 2.24) is 14.5 Å². The predicted octanol–water partition coefficient (Wildman–Crippen LogP) is 4.70. The van der Waals surface area contributed by atoms with E-state index in [2.05, 4.69) is 4.98 Å². The van der Waals surface area contributed by atoms with E-state index in [4.69, 9.17) is 20.8 Å². The lowest BCUT2D eigenvalue weighted by Crippen LogP contribution is -2.28. The molecule has 0 aliphatic rings. The van der Waals surface area contributed by atoms with Crippen molar-refractivity contribution in [2.45, 2.75) is 18.6 Å². The summed E-state index contributed by atoms with van der Waals surface area (Å²) in [6.45, 7) is 2.29. The minimum atomic E-state index is -0.264. The van der Waals surface area contributed by atoms with Crippen molar-refractivity contribution in [3.05, 3.63) is 81.5 Å². The number of benzene rings is 2. The molecule has 4 rings (SSSR count). The van der Waals surface area contributed by atoms with E-state index in [1.165, 1.54) is 16.3 Å². The van der Waals surface area contributed by atoms with Crippen LogP contribution in [-0.4, -0.2) is 40.3 Å². The first-order chi connectivity index (χ1) is 15.9. The van der Waals surface area contributed by atoms with Gasteiger partial charge in [-0.1, -0.05) is 29.4 Å². The van der Waals surface area contributed by atoms with Crippen LogP contribution in [0.4, 0.5) is 0 Å². The van der Waals surface area contributed by atoms with Crippen LogP contribution in [0.2, 0.25) is 5.02 Å². The number of amides is 1. The summed E-state index contributed by atoms with van der Waals surface area (Å²) >= 11 is 7.32. The molecule has 0 unspecified atom stereocenters. The molecule has 33 heavy (non-hydrogen) atoms. The summed E-state index contributed by atoms with van der Waals surface area (Å²) in [6.07, 6.45) is 1.57. The summed E-state index contributed by atoms with van der Waals surface area (Å²) in [6, 6.07) is 14.1. The molecule has 0 aliphatic heterocycles. The third-order valence-electron chi connectivity index (χ3n) is 5.10. The quantitative estimate of drug-likeness (QED) is 0.280. The number of methoxy groups -OCH3 is 1. The number of furan rings is 1. The van der Waals surface area contributed by atoms with Crippen LogP contribution in [0.5, 0.6) is 5.75 Å². The SMILES string of the molecule is COc1ccc(C)cc1-n1c(SCC(=O)N(C)Cc2ccco2)nc2cc(Cl)ccc2c1=O. The van der Waals surface area contributed by atoms with Gasteiger partial charge in [0.2, 0.25) is 5.91 Å². The number of aryl methyl sites for hydroxylation is 1. The van der Waals surface area contributed by atoms with E-state index in [0.717, 1.165) is 5.56 Å². The van der Waals surface area contributed by atoms with Gasteiger partial charge < -0.3 is 14.1 Å². The van der Waals surface area contributed by atoms with Crippen LogP contribution in [0.15, 0.2) is 69.2 Å². The monoisotopic (exact) mass is 483 g/mol. The number of thioether (sulfide) groups is 1. The van der Waals surface area contributed by atoms with Gasteiger partial charge in [0.25, 0.3) is 5.56 Å². The Morgan fingerprint density at radius 2 is 2.06 bits per heavy atom. The Hall–Kier alpha value is -3.23. The summed E-state index contributed by atoms with van der Waals surface area (Å²) < 4.78 is 12.3. The number of nitrogens with zero attached hydrogens (tertiary/aromatic N) is 3. The number of hydrogen-bond donors (Lipinski definition) is 0. The van der Waals surface area contributed by atoms with Gasteiger partial charge in [-0.3, -0.25) is 14.2 Å². The molecule has 4 aromatic rings. The molecular formula is C24H22ClN3O4S. The maximum atomic E-state index is 13.5. The van der Waals surface area contributed by atoms with E-state index in [-0.39, 0.29) is 17.2 Å². The summed E-state index contributed by atoms with van der Waals surface area (Å²) in [5.74, 6) is 1.18. The van der Waals surface area contributed by atoms with Crippen LogP contribution < -0.4 is 10.3 Å². The smallest absolute Gasteiger partial charge is 0.266 e. The van der Waals surface area contributed by atoms with Gasteiger partial charge in [0, 0.05) is 12.1 Å². The van der Waals surface area contributed by atoms with Gasteiger partial charge >= 0.3 is 0 Å². The van der Waals surface area contributed by atoms with Crippen molar-refractivity contribution >= 4 is 40.2 Å². The first-order valence-corrected chi connectivity index (χ1v) is 11.5. The fraction of sp³-hybridized carbons (Fsp3) is 0.208. The molecule has 0 saturated carbocycles. The number of hydrogen-bond acceptors (Lipinski definition) is 6. The van der Waals surface area contributed by atoms with Crippen molar-refractivity contribution in [1.29, 1.82) is 0 Å². The molecule has 0 aliphatic carbocycles. The first kappa shape index (κ1) is 22.9. The molecule has 2 aromatic heterocycles. The normalized spacial score (nSPS) is 11.0. The van der Waals surface area contributed by atoms with E-state index in [9.17, 15) is 9.59 Å². The topological polar surface area (TPSA) is 77.6 Å². The van der Waals surface area contributed by atoms with E-state index < -0.39 is 0 Å². The highest BCUT2D eigenvalue weighted by Crippen LogP contribution is 2.29. The first-order valence-electron chi connectivity index (χ1n) is 10.1. The van der Waals surface area contributed by atoms with Crippen LogP contribution in [0, 0.1) is 6.92 Å². The number of aromatic nitrogens is 2. The summed E-state index contributed by atoms with van der Waals surface area (Å²) in [5, 5.41) is 1.28. The fourth-order valence-corrected chi connectivity index (χ4v) is 4.50. The third-order valence-corrected chi connectivity index (χ3v) is 6.26. The zero-order chi connectivity index (χ0) is 23.5. The largest absolute Gasteiger partial charge is 0.495 e. The Balaban J connectivity index is 1.75. The highest BCUT2D eigenvalue weighted by atomic mass is 35.5. The van der Waals surface area contributed by atoms with Gasteiger partial charge in [-0.15, -0.1) is 0 Å². The zero-order valence-electron chi connectivity index (χ0n) is 18.4. The average molecular weight is 484 g/mol. The molecule has 0 N–H and O–H groups in total. The molecule has 0 atom stereocenters. The lowest BCUT2D eigenvalue weighted by atomic mass is 10.2. The number of ether oxygens (including phenoxy) is 1. The van der Waals surface area contributed by atoms with Crippen LogP contribution in [0.25, 0.3) is 16.6 Å². The Kier molecular flexibility index (Phi) is 6.76. The van der Waals surface area contributed by atoms with Crippen molar-refractivity contribution in [3.63, 3.8) is 0 Å². The molecule has 0 fully saturated rings. The number of carbonyl (C=O) groups is 1. The minimum Gasteiger partial charge on any atom is -0.495 e. The molecule has 7 nitrogen and oxygen atoms in total. The standard InChI is InChI=1S/C24H22ClN3O4S/c1-15-6-9-21(31-3)20(11-15)28-23(30)18-8-7-16(25)12-19(18)26-24(28)33-14-22(29)27(2)13-17-5-4-10-32-17/h4-12H,13-14H2,1-3H3. The summed E-state index contributed by atoms with van der Waals surface area (Å²) in [5.41, 5.74) is 1.72. The summed E-state index contributed by atoms with van der Waals surface area (Å²) in [4.78, 5) is 32.6. The fourth-order valence-electron chi connectivity index (χ4n) is 3.38. The van der Waals surface area contributed by atoms with Gasteiger partial charge in [-0.25, -0.2) is 4.98 Å². The highest BCUT2D eigenvalue weighted by molar-refractivity contribution is 7.99. The molecule has 0 radical (unpaired) electrons. The molecule has 2 heterocycles. The van der Waals surface area contributed by atoms with Gasteiger partial charge in [-0.2, -0.15) is 0 Å². The van der Waals surface area contributed by atoms with Gasteiger partial charge in [0.05, 0.1) is 42.3 Å². The Morgan fingerprint density at radius 3 is 2.79 bits per heavy atom. The molecule has 2 aromatic carbocycles. The number of carbonyl (C=O) groups excluding carboxylic acids is 1. The Bertz CT molecular complexity index is 1370. The van der Waals surface area contributed by atoms with Crippen molar-refractivity contribution in [2.24, 2.45) is 0 Å².